The predicted molar refractivity (Wildman–Crippen MR) is 142 cm³/mol. The van der Waals surface area contributed by atoms with E-state index >= 15 is 0 Å². The molecule has 0 saturated heterocycles. The number of nitrogens with zero attached hydrogens (tertiary/aromatic N) is 2. The van der Waals surface area contributed by atoms with E-state index in [4.69, 9.17) is 4.74 Å². The van der Waals surface area contributed by atoms with E-state index in [1.54, 1.807) is 19.6 Å². The molecular formula is C29H30N4O3. The molecule has 0 fully saturated rings. The van der Waals surface area contributed by atoms with Crippen LogP contribution in [-0.4, -0.2) is 28.5 Å². The summed E-state index contributed by atoms with van der Waals surface area (Å²) in [6.45, 7) is 4.82. The van der Waals surface area contributed by atoms with Crippen LogP contribution in [0.15, 0.2) is 85.3 Å². The van der Waals surface area contributed by atoms with Gasteiger partial charge in [0.05, 0.1) is 19.9 Å². The number of methoxy groups -OCH3 is 1. The van der Waals surface area contributed by atoms with E-state index in [1.165, 1.54) is 5.56 Å². The first-order chi connectivity index (χ1) is 17.4. The van der Waals surface area contributed by atoms with Crippen molar-refractivity contribution in [2.75, 3.05) is 17.7 Å². The van der Waals surface area contributed by atoms with Crippen LogP contribution < -0.4 is 15.4 Å². The third kappa shape index (κ3) is 6.60. The first kappa shape index (κ1) is 24.7. The Labute approximate surface area is 211 Å². The molecule has 0 aliphatic heterocycles. The second kappa shape index (κ2) is 11.4. The van der Waals surface area contributed by atoms with Crippen LogP contribution in [0.2, 0.25) is 0 Å². The molecule has 1 heterocycles. The van der Waals surface area contributed by atoms with Crippen molar-refractivity contribution in [1.29, 1.82) is 0 Å². The van der Waals surface area contributed by atoms with Crippen molar-refractivity contribution in [3.63, 3.8) is 0 Å². The maximum absolute atomic E-state index is 12.6. The van der Waals surface area contributed by atoms with Crippen molar-refractivity contribution < 1.29 is 14.3 Å². The number of carbonyl (C=O) groups excluding carboxylic acids is 2. The number of benzene rings is 3. The summed E-state index contributed by atoms with van der Waals surface area (Å²) in [6, 6.07) is 22.9. The first-order valence-electron chi connectivity index (χ1n) is 11.8. The molecule has 4 rings (SSSR count). The zero-order valence-electron chi connectivity index (χ0n) is 20.7. The fraction of sp³-hybridized carbons (Fsp3) is 0.207. The lowest BCUT2D eigenvalue weighted by Crippen LogP contribution is -2.14. The molecule has 0 spiro atoms. The zero-order chi connectivity index (χ0) is 25.5. The number of amides is 2. The topological polar surface area (TPSA) is 85.2 Å². The Balaban J connectivity index is 1.29. The number of anilines is 2. The number of hydrogen-bond donors (Lipinski definition) is 2. The molecule has 184 valence electrons. The largest absolute Gasteiger partial charge is 0.497 e. The summed E-state index contributed by atoms with van der Waals surface area (Å²) < 4.78 is 7.00. The van der Waals surface area contributed by atoms with E-state index in [9.17, 15) is 9.59 Å². The van der Waals surface area contributed by atoms with Crippen LogP contribution in [0, 0.1) is 0 Å². The van der Waals surface area contributed by atoms with E-state index in [-0.39, 0.29) is 18.2 Å². The first-order valence-corrected chi connectivity index (χ1v) is 11.8. The molecule has 7 heteroatoms. The molecule has 0 aliphatic rings. The molecule has 2 amide bonds. The summed E-state index contributed by atoms with van der Waals surface area (Å²) in [5, 5.41) is 5.81. The molecule has 36 heavy (non-hydrogen) atoms. The second-order valence-electron chi connectivity index (χ2n) is 8.93. The Morgan fingerprint density at radius 2 is 1.47 bits per heavy atom. The van der Waals surface area contributed by atoms with E-state index in [0.717, 1.165) is 28.3 Å². The number of hydrogen-bond acceptors (Lipinski definition) is 4. The van der Waals surface area contributed by atoms with Crippen molar-refractivity contribution in [2.24, 2.45) is 0 Å². The van der Waals surface area contributed by atoms with Gasteiger partial charge in [0.15, 0.2) is 0 Å². The Morgan fingerprint density at radius 1 is 0.861 bits per heavy atom. The summed E-state index contributed by atoms with van der Waals surface area (Å²) >= 11 is 0. The number of ether oxygens (including phenoxy) is 1. The minimum Gasteiger partial charge on any atom is -0.497 e. The number of imidazole rings is 1. The Morgan fingerprint density at radius 3 is 2.11 bits per heavy atom. The summed E-state index contributed by atoms with van der Waals surface area (Å²) in [7, 11) is 1.61. The van der Waals surface area contributed by atoms with Crippen LogP contribution >= 0.6 is 0 Å². The lowest BCUT2D eigenvalue weighted by atomic mass is 10.0. The summed E-state index contributed by atoms with van der Waals surface area (Å²) in [4.78, 5) is 29.2. The highest BCUT2D eigenvalue weighted by Gasteiger charge is 2.11. The van der Waals surface area contributed by atoms with Crippen molar-refractivity contribution in [2.45, 2.75) is 32.7 Å². The average molecular weight is 483 g/mol. The van der Waals surface area contributed by atoms with E-state index in [0.29, 0.717) is 18.2 Å². The Hall–Kier alpha value is -4.39. The van der Waals surface area contributed by atoms with Gasteiger partial charge < -0.3 is 19.9 Å². The summed E-state index contributed by atoms with van der Waals surface area (Å²) in [5.74, 6) is 0.866. The molecule has 0 bridgehead atoms. The van der Waals surface area contributed by atoms with Gasteiger partial charge in [-0.15, -0.1) is 0 Å². The third-order valence-corrected chi connectivity index (χ3v) is 5.83. The molecule has 0 radical (unpaired) electrons. The van der Waals surface area contributed by atoms with Gasteiger partial charge in [-0.1, -0.05) is 50.2 Å². The smallest absolute Gasteiger partial charge is 0.275 e. The van der Waals surface area contributed by atoms with Crippen LogP contribution in [0.3, 0.4) is 0 Å². The van der Waals surface area contributed by atoms with Crippen LogP contribution in [0.1, 0.15) is 46.9 Å². The number of rotatable bonds is 9. The monoisotopic (exact) mass is 482 g/mol. The van der Waals surface area contributed by atoms with Crippen molar-refractivity contribution in [3.05, 3.63) is 108 Å². The van der Waals surface area contributed by atoms with Gasteiger partial charge in [-0.3, -0.25) is 9.59 Å². The predicted octanol–water partition coefficient (Wildman–Crippen LogP) is 5.50. The van der Waals surface area contributed by atoms with Crippen molar-refractivity contribution >= 4 is 23.2 Å². The van der Waals surface area contributed by atoms with Gasteiger partial charge in [0.1, 0.15) is 11.4 Å². The summed E-state index contributed by atoms with van der Waals surface area (Å²) in [6.07, 6.45) is 3.65. The van der Waals surface area contributed by atoms with Crippen LogP contribution in [0.4, 0.5) is 11.4 Å². The van der Waals surface area contributed by atoms with E-state index in [2.05, 4.69) is 29.5 Å². The lowest BCUT2D eigenvalue weighted by Gasteiger charge is -2.08. The highest BCUT2D eigenvalue weighted by atomic mass is 16.5. The van der Waals surface area contributed by atoms with Gasteiger partial charge in [-0.25, -0.2) is 4.98 Å². The normalized spacial score (nSPS) is 10.8. The van der Waals surface area contributed by atoms with Crippen molar-refractivity contribution in [1.82, 2.24) is 9.55 Å². The highest BCUT2D eigenvalue weighted by molar-refractivity contribution is 6.02. The number of nitrogens with one attached hydrogen (secondary N) is 2. The highest BCUT2D eigenvalue weighted by Crippen LogP contribution is 2.18. The minimum absolute atomic E-state index is 0.0861. The van der Waals surface area contributed by atoms with Gasteiger partial charge in [0, 0.05) is 24.1 Å². The second-order valence-corrected chi connectivity index (χ2v) is 8.93. The van der Waals surface area contributed by atoms with Crippen molar-refractivity contribution in [3.8, 4) is 5.75 Å². The number of carbonyl (C=O) groups is 2. The maximum Gasteiger partial charge on any atom is 0.275 e. The molecule has 0 atom stereocenters. The average Bonchev–Trinajstić information content (AvgIpc) is 3.35. The molecule has 1 aromatic heterocycles. The number of aromatic nitrogens is 2. The van der Waals surface area contributed by atoms with Crippen LogP contribution in [-0.2, 0) is 17.8 Å². The molecule has 0 aliphatic carbocycles. The fourth-order valence-electron chi connectivity index (χ4n) is 3.75. The molecule has 0 saturated carbocycles. The quantitative estimate of drug-likeness (QED) is 0.330. The minimum atomic E-state index is -0.249. The van der Waals surface area contributed by atoms with Gasteiger partial charge in [0.25, 0.3) is 5.91 Å². The van der Waals surface area contributed by atoms with Gasteiger partial charge in [-0.05, 0) is 59.0 Å². The fourth-order valence-corrected chi connectivity index (χ4v) is 3.75. The molecule has 3 aromatic carbocycles. The molecular weight excluding hydrogens is 452 g/mol. The standard InChI is InChI=1S/C29H30N4O3/c1-20(2)23-8-12-25(13-9-23)32-29(35)27-18-33(19-30-27)17-22-4-10-24(11-5-22)31-28(34)16-21-6-14-26(36-3)15-7-21/h4-15,18-20H,16-17H2,1-3H3,(H,31,34)(H,32,35). The molecule has 7 nitrogen and oxygen atoms in total. The van der Waals surface area contributed by atoms with E-state index in [1.807, 2.05) is 77.4 Å². The van der Waals surface area contributed by atoms with Crippen LogP contribution in [0.25, 0.3) is 0 Å². The van der Waals surface area contributed by atoms with Gasteiger partial charge in [-0.2, -0.15) is 0 Å². The maximum atomic E-state index is 12.6. The Bertz CT molecular complexity index is 1310. The van der Waals surface area contributed by atoms with E-state index < -0.39 is 0 Å². The zero-order valence-corrected chi connectivity index (χ0v) is 20.7. The molecule has 4 aromatic rings. The third-order valence-electron chi connectivity index (χ3n) is 5.83. The SMILES string of the molecule is COc1ccc(CC(=O)Nc2ccc(Cn3cnc(C(=O)Nc4ccc(C(C)C)cc4)c3)cc2)cc1. The molecule has 2 N–H and O–H groups in total. The van der Waals surface area contributed by atoms with Gasteiger partial charge >= 0.3 is 0 Å². The lowest BCUT2D eigenvalue weighted by molar-refractivity contribution is -0.115. The molecule has 0 unspecified atom stereocenters. The summed E-state index contributed by atoms with van der Waals surface area (Å²) in [5.41, 5.74) is 4.98. The van der Waals surface area contributed by atoms with Crippen LogP contribution in [0.5, 0.6) is 5.75 Å². The van der Waals surface area contributed by atoms with Gasteiger partial charge in [0.2, 0.25) is 5.91 Å². The Kier molecular flexibility index (Phi) is 7.80.